The number of fused-ring (bicyclic) bond motifs is 3. The van der Waals surface area contributed by atoms with Crippen LogP contribution in [0, 0.1) is 6.92 Å². The van der Waals surface area contributed by atoms with Crippen LogP contribution in [0.2, 0.25) is 0 Å². The number of imidazole rings is 1. The molecule has 1 heterocycles. The first kappa shape index (κ1) is 11.5. The number of hydrogen-bond donors (Lipinski definition) is 1. The number of nitrogens with zero attached hydrogens (tertiary/aromatic N) is 1. The Morgan fingerprint density at radius 2 is 1.94 bits per heavy atom. The molecular weight excluding hydrogens is 220 g/mol. The lowest BCUT2D eigenvalue weighted by Gasteiger charge is -2.15. The lowest BCUT2D eigenvalue weighted by Crippen LogP contribution is -2.13. The lowest BCUT2D eigenvalue weighted by atomic mass is 9.91. The van der Waals surface area contributed by atoms with Crippen LogP contribution in [0.4, 0.5) is 0 Å². The normalized spacial score (nSPS) is 14.2. The number of rotatable bonds is 0. The highest BCUT2D eigenvalue weighted by atomic mass is 15.0. The summed E-state index contributed by atoms with van der Waals surface area (Å²) in [6.45, 7) is 8.76. The van der Waals surface area contributed by atoms with E-state index in [0.29, 0.717) is 0 Å². The van der Waals surface area contributed by atoms with E-state index >= 15 is 0 Å². The van der Waals surface area contributed by atoms with Gasteiger partial charge in [0.2, 0.25) is 0 Å². The third-order valence-corrected chi connectivity index (χ3v) is 3.65. The van der Waals surface area contributed by atoms with Gasteiger partial charge >= 0.3 is 0 Å². The quantitative estimate of drug-likeness (QED) is 0.746. The molecule has 0 radical (unpaired) electrons. The zero-order valence-electron chi connectivity index (χ0n) is 11.6. The van der Waals surface area contributed by atoms with E-state index in [1.54, 1.807) is 0 Å². The molecular formula is C16H20N2. The maximum Gasteiger partial charge on any atom is 0.112 e. The van der Waals surface area contributed by atoms with Crippen molar-refractivity contribution in [3.63, 3.8) is 0 Å². The van der Waals surface area contributed by atoms with Gasteiger partial charge in [0.25, 0.3) is 0 Å². The van der Waals surface area contributed by atoms with Crippen LogP contribution in [0.3, 0.4) is 0 Å². The molecule has 0 saturated heterocycles. The second-order valence-corrected chi connectivity index (χ2v) is 6.32. The predicted molar refractivity (Wildman–Crippen MR) is 74.9 cm³/mol. The highest BCUT2D eigenvalue weighted by molar-refractivity contribution is 5.69. The summed E-state index contributed by atoms with van der Waals surface area (Å²) in [5.74, 6) is 1.10. The second kappa shape index (κ2) is 3.71. The van der Waals surface area contributed by atoms with E-state index in [9.17, 15) is 0 Å². The molecule has 0 unspecified atom stereocenters. The first-order chi connectivity index (χ1) is 8.45. The van der Waals surface area contributed by atoms with Gasteiger partial charge in [0.1, 0.15) is 5.82 Å². The van der Waals surface area contributed by atoms with E-state index in [1.807, 2.05) is 0 Å². The van der Waals surface area contributed by atoms with E-state index in [-0.39, 0.29) is 5.41 Å². The number of aromatic nitrogens is 2. The number of aryl methyl sites for hydroxylation is 3. The van der Waals surface area contributed by atoms with Crippen LogP contribution in [0.5, 0.6) is 0 Å². The van der Waals surface area contributed by atoms with Crippen molar-refractivity contribution >= 4 is 0 Å². The molecule has 0 fully saturated rings. The number of nitrogens with one attached hydrogen (secondary N) is 1. The molecule has 1 aromatic carbocycles. The maximum absolute atomic E-state index is 4.79. The Balaban J connectivity index is 2.16. The van der Waals surface area contributed by atoms with Crippen LogP contribution in [0.15, 0.2) is 18.2 Å². The first-order valence-electron chi connectivity index (χ1n) is 6.64. The Hall–Kier alpha value is -1.57. The molecule has 0 amide bonds. The van der Waals surface area contributed by atoms with Gasteiger partial charge in [-0.25, -0.2) is 4.98 Å². The van der Waals surface area contributed by atoms with Gasteiger partial charge in [0.15, 0.2) is 0 Å². The zero-order valence-corrected chi connectivity index (χ0v) is 11.6. The summed E-state index contributed by atoms with van der Waals surface area (Å²) in [6, 6.07) is 6.72. The average molecular weight is 240 g/mol. The van der Waals surface area contributed by atoms with E-state index in [0.717, 1.165) is 18.7 Å². The summed E-state index contributed by atoms with van der Waals surface area (Å²) < 4.78 is 0. The largest absolute Gasteiger partial charge is 0.341 e. The van der Waals surface area contributed by atoms with Crippen molar-refractivity contribution < 1.29 is 0 Å². The molecule has 3 rings (SSSR count). The molecule has 1 aromatic heterocycles. The summed E-state index contributed by atoms with van der Waals surface area (Å²) >= 11 is 0. The van der Waals surface area contributed by atoms with Crippen LogP contribution >= 0.6 is 0 Å². The van der Waals surface area contributed by atoms with Crippen LogP contribution in [0.25, 0.3) is 11.3 Å². The van der Waals surface area contributed by atoms with E-state index in [4.69, 9.17) is 4.98 Å². The van der Waals surface area contributed by atoms with Crippen molar-refractivity contribution in [1.29, 1.82) is 0 Å². The monoisotopic (exact) mass is 240 g/mol. The van der Waals surface area contributed by atoms with Gasteiger partial charge in [-0.3, -0.25) is 0 Å². The van der Waals surface area contributed by atoms with Gasteiger partial charge in [-0.1, -0.05) is 44.5 Å². The Morgan fingerprint density at radius 3 is 2.67 bits per heavy atom. The molecule has 0 atom stereocenters. The van der Waals surface area contributed by atoms with Crippen molar-refractivity contribution in [2.75, 3.05) is 0 Å². The first-order valence-corrected chi connectivity index (χ1v) is 6.64. The minimum absolute atomic E-state index is 0.0855. The SMILES string of the molecule is Cc1ccc2c(c1)CCc1nc(C(C)(C)C)[nH]c1-2. The van der Waals surface area contributed by atoms with Crippen molar-refractivity contribution in [3.05, 3.63) is 40.8 Å². The summed E-state index contributed by atoms with van der Waals surface area (Å²) in [5, 5.41) is 0. The van der Waals surface area contributed by atoms with Gasteiger partial charge in [0.05, 0.1) is 11.4 Å². The fourth-order valence-corrected chi connectivity index (χ4v) is 2.59. The Labute approximate surface area is 108 Å². The van der Waals surface area contributed by atoms with Gasteiger partial charge in [-0.2, -0.15) is 0 Å². The number of aromatic amines is 1. The van der Waals surface area contributed by atoms with Crippen LogP contribution in [0.1, 0.15) is 43.4 Å². The molecule has 1 aliphatic carbocycles. The van der Waals surface area contributed by atoms with Crippen LogP contribution in [-0.4, -0.2) is 9.97 Å². The fourth-order valence-electron chi connectivity index (χ4n) is 2.59. The van der Waals surface area contributed by atoms with Crippen molar-refractivity contribution in [3.8, 4) is 11.3 Å². The maximum atomic E-state index is 4.79. The van der Waals surface area contributed by atoms with Gasteiger partial charge in [-0.05, 0) is 25.3 Å². The molecule has 0 spiro atoms. The molecule has 0 bridgehead atoms. The average Bonchev–Trinajstić information content (AvgIpc) is 2.72. The Morgan fingerprint density at radius 1 is 1.17 bits per heavy atom. The number of H-pyrrole nitrogens is 1. The fraction of sp³-hybridized carbons (Fsp3) is 0.438. The van der Waals surface area contributed by atoms with Crippen molar-refractivity contribution in [1.82, 2.24) is 9.97 Å². The van der Waals surface area contributed by atoms with Crippen molar-refractivity contribution in [2.24, 2.45) is 0 Å². The predicted octanol–water partition coefficient (Wildman–Crippen LogP) is 3.78. The molecule has 2 nitrogen and oxygen atoms in total. The van der Waals surface area contributed by atoms with E-state index < -0.39 is 0 Å². The third kappa shape index (κ3) is 1.76. The number of hydrogen-bond acceptors (Lipinski definition) is 1. The summed E-state index contributed by atoms with van der Waals surface area (Å²) in [4.78, 5) is 8.33. The summed E-state index contributed by atoms with van der Waals surface area (Å²) in [7, 11) is 0. The summed E-state index contributed by atoms with van der Waals surface area (Å²) in [5.41, 5.74) is 6.68. The third-order valence-electron chi connectivity index (χ3n) is 3.65. The molecule has 0 saturated carbocycles. The molecule has 18 heavy (non-hydrogen) atoms. The standard InChI is InChI=1S/C16H20N2/c1-10-5-7-12-11(9-10)6-8-13-14(12)18-15(17-13)16(2,3)4/h5,7,9H,6,8H2,1-4H3,(H,17,18). The molecule has 1 N–H and O–H groups in total. The number of benzene rings is 1. The van der Waals surface area contributed by atoms with Crippen molar-refractivity contribution in [2.45, 2.75) is 46.0 Å². The van der Waals surface area contributed by atoms with E-state index in [2.05, 4.69) is 50.9 Å². The highest BCUT2D eigenvalue weighted by Crippen LogP contribution is 2.34. The van der Waals surface area contributed by atoms with Crippen LogP contribution < -0.4 is 0 Å². The minimum Gasteiger partial charge on any atom is -0.341 e. The molecule has 2 heteroatoms. The van der Waals surface area contributed by atoms with Gasteiger partial charge in [-0.15, -0.1) is 0 Å². The minimum atomic E-state index is 0.0855. The molecule has 94 valence electrons. The molecule has 1 aliphatic rings. The molecule has 2 aromatic rings. The van der Waals surface area contributed by atoms with E-state index in [1.165, 1.54) is 28.1 Å². The lowest BCUT2D eigenvalue weighted by molar-refractivity contribution is 0.551. The van der Waals surface area contributed by atoms with Gasteiger partial charge in [0, 0.05) is 11.0 Å². The highest BCUT2D eigenvalue weighted by Gasteiger charge is 2.24. The Kier molecular flexibility index (Phi) is 2.37. The van der Waals surface area contributed by atoms with Gasteiger partial charge < -0.3 is 4.98 Å². The summed E-state index contributed by atoms with van der Waals surface area (Å²) in [6.07, 6.45) is 2.16. The topological polar surface area (TPSA) is 28.7 Å². The second-order valence-electron chi connectivity index (χ2n) is 6.32. The smallest absolute Gasteiger partial charge is 0.112 e. The zero-order chi connectivity index (χ0) is 12.9. The molecule has 0 aliphatic heterocycles. The Bertz CT molecular complexity index is 600. The van der Waals surface area contributed by atoms with Crippen LogP contribution in [-0.2, 0) is 18.3 Å².